The zero-order valence-electron chi connectivity index (χ0n) is 6.94. The molecule has 0 radical (unpaired) electrons. The van der Waals surface area contributed by atoms with Crippen LogP contribution in [0.4, 0.5) is 0 Å². The molecule has 13 heavy (non-hydrogen) atoms. The molecule has 0 aliphatic heterocycles. The summed E-state index contributed by atoms with van der Waals surface area (Å²) in [6.07, 6.45) is 2.59. The molecule has 0 spiro atoms. The van der Waals surface area contributed by atoms with E-state index in [0.29, 0.717) is 4.83 Å². The minimum Gasteiger partial charge on any atom is -0.326 e. The number of hydrogen-bond acceptors (Lipinski definition) is 3. The van der Waals surface area contributed by atoms with Crippen molar-refractivity contribution in [3.05, 3.63) is 12.2 Å². The lowest BCUT2D eigenvalue weighted by Gasteiger charge is -1.96. The molecule has 0 aliphatic rings. The monoisotopic (exact) mass is 271 g/mol. The van der Waals surface area contributed by atoms with Gasteiger partial charge in [0.1, 0.15) is 6.33 Å². The van der Waals surface area contributed by atoms with Crippen molar-refractivity contribution in [3.8, 4) is 0 Å². The summed E-state index contributed by atoms with van der Waals surface area (Å²) in [6, 6.07) is 0. The van der Waals surface area contributed by atoms with E-state index in [0.717, 1.165) is 12.2 Å². The van der Waals surface area contributed by atoms with E-state index in [1.165, 1.54) is 0 Å². The molecular weight excluding hydrogens is 261 g/mol. The van der Waals surface area contributed by atoms with E-state index in [1.54, 1.807) is 6.33 Å². The van der Waals surface area contributed by atoms with Gasteiger partial charge in [0, 0.05) is 0 Å². The number of halogens is 1. The zero-order chi connectivity index (χ0) is 10.3. The number of H-pyrrole nitrogens is 1. The summed E-state index contributed by atoms with van der Waals surface area (Å²) in [5.74, 6) is 0.831. The van der Waals surface area contributed by atoms with Gasteiger partial charge in [0.05, 0.1) is 4.83 Å². The maximum Gasteiger partial charge on any atom is 0.314 e. The van der Waals surface area contributed by atoms with Crippen LogP contribution in [0.5, 0.6) is 0 Å². The van der Waals surface area contributed by atoms with E-state index < -0.39 is 8.25 Å². The first kappa shape index (κ1) is 12.8. The maximum absolute atomic E-state index is 8.74. The maximum atomic E-state index is 8.74. The number of nitrogens with one attached hydrogen (secondary N) is 1. The molecule has 6 nitrogen and oxygen atoms in total. The third-order valence-electron chi connectivity index (χ3n) is 1.07. The van der Waals surface area contributed by atoms with Gasteiger partial charge in [-0.1, -0.05) is 22.9 Å². The van der Waals surface area contributed by atoms with Crippen molar-refractivity contribution in [2.75, 3.05) is 0 Å². The summed E-state index contributed by atoms with van der Waals surface area (Å²) in [5.41, 5.74) is 0. The number of rotatable bonds is 2. The first-order valence-electron chi connectivity index (χ1n) is 3.49. The van der Waals surface area contributed by atoms with Crippen molar-refractivity contribution in [1.82, 2.24) is 15.2 Å². The Morgan fingerprint density at radius 2 is 2.31 bits per heavy atom. The van der Waals surface area contributed by atoms with Gasteiger partial charge in [-0.2, -0.15) is 5.10 Å². The van der Waals surface area contributed by atoms with E-state index in [4.69, 9.17) is 14.4 Å². The van der Waals surface area contributed by atoms with Crippen molar-refractivity contribution in [3.63, 3.8) is 0 Å². The smallest absolute Gasteiger partial charge is 0.314 e. The topological polar surface area (TPSA) is 99.1 Å². The number of aromatic amines is 1. The molecule has 0 aromatic carbocycles. The second-order valence-corrected chi connectivity index (χ2v) is 3.69. The van der Waals surface area contributed by atoms with Crippen LogP contribution in [0.15, 0.2) is 6.33 Å². The predicted molar refractivity (Wildman–Crippen MR) is 51.8 cm³/mol. The van der Waals surface area contributed by atoms with Crippen molar-refractivity contribution < 1.29 is 14.4 Å². The van der Waals surface area contributed by atoms with Crippen LogP contribution in [-0.2, 0) is 4.57 Å². The third-order valence-corrected chi connectivity index (χ3v) is 2.13. The van der Waals surface area contributed by atoms with Crippen molar-refractivity contribution >= 4 is 24.2 Å². The number of aromatic nitrogens is 3. The molecule has 1 unspecified atom stereocenters. The fourth-order valence-corrected chi connectivity index (χ4v) is 0.773. The highest BCUT2D eigenvalue weighted by atomic mass is 79.9. The van der Waals surface area contributed by atoms with E-state index >= 15 is 0 Å². The highest BCUT2D eigenvalue weighted by molar-refractivity contribution is 9.09. The third kappa shape index (κ3) is 6.89. The van der Waals surface area contributed by atoms with Crippen LogP contribution in [0.2, 0.25) is 0 Å². The lowest BCUT2D eigenvalue weighted by atomic mass is 10.3. The highest BCUT2D eigenvalue weighted by Crippen LogP contribution is 2.20. The van der Waals surface area contributed by atoms with E-state index in [-0.39, 0.29) is 0 Å². The van der Waals surface area contributed by atoms with Crippen LogP contribution in [-0.4, -0.2) is 25.0 Å². The molecule has 8 heteroatoms. The summed E-state index contributed by atoms with van der Waals surface area (Å²) in [7, 11) is -3.13. The highest BCUT2D eigenvalue weighted by Gasteiger charge is 2.06. The van der Waals surface area contributed by atoms with Gasteiger partial charge in [0.25, 0.3) is 0 Å². The SMILES string of the molecule is CCC(Br)c1nc[nH]n1.O=[PH](O)O. The van der Waals surface area contributed by atoms with Crippen LogP contribution in [0.1, 0.15) is 24.0 Å². The van der Waals surface area contributed by atoms with Gasteiger partial charge in [-0.25, -0.2) is 4.98 Å². The van der Waals surface area contributed by atoms with Gasteiger partial charge < -0.3 is 9.79 Å². The van der Waals surface area contributed by atoms with Crippen molar-refractivity contribution in [2.24, 2.45) is 0 Å². The summed E-state index contributed by atoms with van der Waals surface area (Å²) < 4.78 is 8.74. The Bertz CT molecular complexity index is 239. The molecule has 1 atom stereocenters. The second-order valence-electron chi connectivity index (χ2n) is 2.02. The molecule has 0 bridgehead atoms. The summed E-state index contributed by atoms with van der Waals surface area (Å²) >= 11 is 3.42. The summed E-state index contributed by atoms with van der Waals surface area (Å²) in [6.45, 7) is 2.08. The van der Waals surface area contributed by atoms with Crippen LogP contribution >= 0.6 is 24.2 Å². The average molecular weight is 272 g/mol. The molecule has 3 N–H and O–H groups in total. The lowest BCUT2D eigenvalue weighted by Crippen LogP contribution is -1.89. The molecule has 0 aliphatic carbocycles. The molecule has 0 saturated heterocycles. The van der Waals surface area contributed by atoms with Crippen LogP contribution in [0, 0.1) is 0 Å². The average Bonchev–Trinajstić information content (AvgIpc) is 2.54. The molecular formula is C5H11BrN3O3P. The molecule has 1 aromatic heterocycles. The Labute approximate surface area is 84.5 Å². The van der Waals surface area contributed by atoms with Crippen LogP contribution in [0.25, 0.3) is 0 Å². The van der Waals surface area contributed by atoms with Gasteiger partial charge in [-0.05, 0) is 6.42 Å². The second kappa shape index (κ2) is 7.20. The van der Waals surface area contributed by atoms with E-state index in [9.17, 15) is 0 Å². The van der Waals surface area contributed by atoms with Gasteiger partial charge >= 0.3 is 8.25 Å². The van der Waals surface area contributed by atoms with Crippen molar-refractivity contribution in [2.45, 2.75) is 18.2 Å². The minimum atomic E-state index is -3.13. The summed E-state index contributed by atoms with van der Waals surface area (Å²) in [5, 5.41) is 6.56. The fourth-order valence-electron chi connectivity index (χ4n) is 0.552. The molecule has 0 saturated carbocycles. The number of nitrogens with zero attached hydrogens (tertiary/aromatic N) is 2. The van der Waals surface area contributed by atoms with Crippen LogP contribution in [0.3, 0.4) is 0 Å². The Kier molecular flexibility index (Phi) is 7.07. The van der Waals surface area contributed by atoms with Gasteiger partial charge in [0.2, 0.25) is 0 Å². The Balaban J connectivity index is 0.000000310. The van der Waals surface area contributed by atoms with Crippen LogP contribution < -0.4 is 0 Å². The molecule has 0 amide bonds. The van der Waals surface area contributed by atoms with Gasteiger partial charge in [-0.3, -0.25) is 9.66 Å². The van der Waals surface area contributed by atoms with E-state index in [2.05, 4.69) is 38.0 Å². The minimum absolute atomic E-state index is 0.295. The lowest BCUT2D eigenvalue weighted by molar-refractivity contribution is 0.405. The zero-order valence-corrected chi connectivity index (χ0v) is 9.52. The standard InChI is InChI=1S/C5H8BrN3.H3O3P/c1-2-4(6)5-7-3-8-9-5;1-4(2)3/h3-4H,2H2,1H3,(H,7,8,9);4H,(H2,1,2,3). The fraction of sp³-hybridized carbons (Fsp3) is 0.600. The quantitative estimate of drug-likeness (QED) is 0.551. The number of hydrogen-bond donors (Lipinski definition) is 3. The predicted octanol–water partition coefficient (Wildman–Crippen LogP) is 1.01. The van der Waals surface area contributed by atoms with Gasteiger partial charge in [-0.15, -0.1) is 0 Å². The molecule has 0 fully saturated rings. The first-order chi connectivity index (χ1) is 6.07. The summed E-state index contributed by atoms with van der Waals surface area (Å²) in [4.78, 5) is 18.6. The number of alkyl halides is 1. The molecule has 76 valence electrons. The van der Waals surface area contributed by atoms with Crippen molar-refractivity contribution in [1.29, 1.82) is 0 Å². The molecule has 1 heterocycles. The Morgan fingerprint density at radius 1 is 1.77 bits per heavy atom. The molecule has 1 aromatic rings. The van der Waals surface area contributed by atoms with Gasteiger partial charge in [0.15, 0.2) is 5.82 Å². The first-order valence-corrected chi connectivity index (χ1v) is 5.71. The Hall–Kier alpha value is -0.230. The van der Waals surface area contributed by atoms with E-state index in [1.807, 2.05) is 0 Å². The molecule has 1 rings (SSSR count). The Morgan fingerprint density at radius 3 is 2.62 bits per heavy atom. The largest absolute Gasteiger partial charge is 0.326 e. The normalized spacial score (nSPS) is 12.1.